The van der Waals surface area contributed by atoms with Crippen molar-refractivity contribution < 1.29 is 23.8 Å². The number of benzene rings is 1. The van der Waals surface area contributed by atoms with Gasteiger partial charge in [0, 0.05) is 6.54 Å². The Kier molecular flexibility index (Phi) is 4.13. The largest absolute Gasteiger partial charge is 0.494 e. The van der Waals surface area contributed by atoms with E-state index in [9.17, 15) is 19.1 Å². The number of hydrogen-bond acceptors (Lipinski definition) is 4. The Morgan fingerprint density at radius 2 is 2.19 bits per heavy atom. The van der Waals surface area contributed by atoms with Crippen molar-refractivity contribution in [1.82, 2.24) is 4.90 Å². The molecule has 0 aliphatic carbocycles. The molecule has 0 bridgehead atoms. The van der Waals surface area contributed by atoms with Crippen molar-refractivity contribution in [2.24, 2.45) is 5.73 Å². The third kappa shape index (κ3) is 2.82. The summed E-state index contributed by atoms with van der Waals surface area (Å²) in [5.41, 5.74) is 3.23. The SMILES string of the molecule is COc1cccc(C(=O)N2CCCC(O)(C(N)=O)C2)c1F. The molecule has 3 N–H and O–H groups in total. The van der Waals surface area contributed by atoms with Gasteiger partial charge in [0.25, 0.3) is 11.8 Å². The fourth-order valence-electron chi connectivity index (χ4n) is 2.41. The van der Waals surface area contributed by atoms with E-state index in [0.29, 0.717) is 13.0 Å². The molecule has 2 rings (SSSR count). The Balaban J connectivity index is 2.26. The topological polar surface area (TPSA) is 92.9 Å². The number of carbonyl (C=O) groups excluding carboxylic acids is 2. The molecule has 2 amide bonds. The van der Waals surface area contributed by atoms with E-state index in [0.717, 1.165) is 0 Å². The van der Waals surface area contributed by atoms with Crippen LogP contribution in [0.3, 0.4) is 0 Å². The van der Waals surface area contributed by atoms with Gasteiger partial charge in [-0.25, -0.2) is 4.39 Å². The maximum Gasteiger partial charge on any atom is 0.257 e. The van der Waals surface area contributed by atoms with Crippen molar-refractivity contribution in [1.29, 1.82) is 0 Å². The molecule has 1 aromatic carbocycles. The van der Waals surface area contributed by atoms with Crippen LogP contribution in [0.5, 0.6) is 5.75 Å². The summed E-state index contributed by atoms with van der Waals surface area (Å²) >= 11 is 0. The zero-order valence-electron chi connectivity index (χ0n) is 11.6. The molecule has 0 aromatic heterocycles. The molecule has 1 saturated heterocycles. The van der Waals surface area contributed by atoms with Crippen molar-refractivity contribution in [3.63, 3.8) is 0 Å². The van der Waals surface area contributed by atoms with E-state index in [1.165, 1.54) is 30.2 Å². The summed E-state index contributed by atoms with van der Waals surface area (Å²) in [5, 5.41) is 10.1. The van der Waals surface area contributed by atoms with Crippen LogP contribution >= 0.6 is 0 Å². The Hall–Kier alpha value is -2.15. The van der Waals surface area contributed by atoms with E-state index < -0.39 is 23.2 Å². The van der Waals surface area contributed by atoms with Gasteiger partial charge in [-0.15, -0.1) is 0 Å². The van der Waals surface area contributed by atoms with E-state index >= 15 is 0 Å². The van der Waals surface area contributed by atoms with E-state index in [1.54, 1.807) is 0 Å². The highest BCUT2D eigenvalue weighted by Crippen LogP contribution is 2.25. The van der Waals surface area contributed by atoms with Crippen LogP contribution < -0.4 is 10.5 Å². The van der Waals surface area contributed by atoms with Crippen molar-refractivity contribution in [2.45, 2.75) is 18.4 Å². The number of piperidine rings is 1. The first-order valence-corrected chi connectivity index (χ1v) is 6.53. The van der Waals surface area contributed by atoms with E-state index in [-0.39, 0.29) is 24.3 Å². The first-order valence-electron chi connectivity index (χ1n) is 6.53. The van der Waals surface area contributed by atoms with E-state index in [1.807, 2.05) is 0 Å². The van der Waals surface area contributed by atoms with E-state index in [4.69, 9.17) is 10.5 Å². The number of methoxy groups -OCH3 is 1. The summed E-state index contributed by atoms with van der Waals surface area (Å²) in [6.07, 6.45) is 0.601. The van der Waals surface area contributed by atoms with Gasteiger partial charge < -0.3 is 20.5 Å². The van der Waals surface area contributed by atoms with Crippen LogP contribution in [0.4, 0.5) is 4.39 Å². The summed E-state index contributed by atoms with van der Waals surface area (Å²) < 4.78 is 18.9. The van der Waals surface area contributed by atoms with Gasteiger partial charge in [-0.1, -0.05) is 6.07 Å². The Labute approximate surface area is 121 Å². The number of β-amino-alcohol motifs (C(OH)–C–C–N with tert-alkyl or cyclic N) is 1. The number of carbonyl (C=O) groups is 2. The third-order valence-corrected chi connectivity index (χ3v) is 3.63. The minimum atomic E-state index is -1.76. The average molecular weight is 296 g/mol. The van der Waals surface area contributed by atoms with Gasteiger partial charge in [-0.2, -0.15) is 0 Å². The van der Waals surface area contributed by atoms with Gasteiger partial charge in [0.2, 0.25) is 0 Å². The zero-order chi connectivity index (χ0) is 15.6. The molecule has 1 fully saturated rings. The van der Waals surface area contributed by atoms with Crippen molar-refractivity contribution in [3.05, 3.63) is 29.6 Å². The van der Waals surface area contributed by atoms with Gasteiger partial charge in [0.15, 0.2) is 17.2 Å². The second kappa shape index (κ2) is 5.69. The number of amides is 2. The molecule has 1 unspecified atom stereocenters. The molecule has 0 saturated carbocycles. The highest BCUT2D eigenvalue weighted by Gasteiger charge is 2.40. The first-order chi connectivity index (χ1) is 9.89. The molecule has 1 aromatic rings. The predicted octanol–water partition coefficient (Wildman–Crippen LogP) is 0.287. The molecular formula is C14H17FN2O4. The smallest absolute Gasteiger partial charge is 0.257 e. The van der Waals surface area contributed by atoms with Crippen LogP contribution in [-0.2, 0) is 4.79 Å². The summed E-state index contributed by atoms with van der Waals surface area (Å²) in [4.78, 5) is 24.9. The lowest BCUT2D eigenvalue weighted by Crippen LogP contribution is -2.57. The molecule has 1 aliphatic rings. The van der Waals surface area contributed by atoms with Crippen LogP contribution in [0.15, 0.2) is 18.2 Å². The quantitative estimate of drug-likeness (QED) is 0.838. The minimum absolute atomic E-state index is 0.0389. The second-order valence-electron chi connectivity index (χ2n) is 5.05. The second-order valence-corrected chi connectivity index (χ2v) is 5.05. The van der Waals surface area contributed by atoms with Crippen LogP contribution in [0.1, 0.15) is 23.2 Å². The van der Waals surface area contributed by atoms with Gasteiger partial charge in [-0.3, -0.25) is 9.59 Å². The number of hydrogen-bond donors (Lipinski definition) is 2. The monoisotopic (exact) mass is 296 g/mol. The fraction of sp³-hybridized carbons (Fsp3) is 0.429. The minimum Gasteiger partial charge on any atom is -0.494 e. The molecule has 114 valence electrons. The van der Waals surface area contributed by atoms with Crippen molar-refractivity contribution in [3.8, 4) is 5.75 Å². The van der Waals surface area contributed by atoms with Crippen LogP contribution in [-0.4, -0.2) is 47.6 Å². The third-order valence-electron chi connectivity index (χ3n) is 3.63. The number of primary amides is 1. The number of ether oxygens (including phenoxy) is 1. The predicted molar refractivity (Wildman–Crippen MR) is 72.2 cm³/mol. The Bertz CT molecular complexity index is 578. The molecule has 1 heterocycles. The number of halogens is 1. The van der Waals surface area contributed by atoms with Crippen molar-refractivity contribution in [2.75, 3.05) is 20.2 Å². The number of nitrogens with two attached hydrogens (primary N) is 1. The van der Waals surface area contributed by atoms with Crippen molar-refractivity contribution >= 4 is 11.8 Å². The van der Waals surface area contributed by atoms with Gasteiger partial charge in [-0.05, 0) is 25.0 Å². The lowest BCUT2D eigenvalue weighted by molar-refractivity contribution is -0.140. The van der Waals surface area contributed by atoms with Crippen LogP contribution in [0, 0.1) is 5.82 Å². The van der Waals surface area contributed by atoms with Crippen LogP contribution in [0.25, 0.3) is 0 Å². The number of aliphatic hydroxyl groups is 1. The van der Waals surface area contributed by atoms with Gasteiger partial charge >= 0.3 is 0 Å². The summed E-state index contributed by atoms with van der Waals surface area (Å²) in [6.45, 7) is 0.0862. The number of likely N-dealkylation sites (tertiary alicyclic amines) is 1. The number of rotatable bonds is 3. The van der Waals surface area contributed by atoms with Crippen LogP contribution in [0.2, 0.25) is 0 Å². The molecule has 1 aliphatic heterocycles. The highest BCUT2D eigenvalue weighted by molar-refractivity contribution is 5.96. The zero-order valence-corrected chi connectivity index (χ0v) is 11.6. The number of nitrogens with zero attached hydrogens (tertiary/aromatic N) is 1. The maximum atomic E-state index is 14.1. The Morgan fingerprint density at radius 3 is 2.81 bits per heavy atom. The Morgan fingerprint density at radius 1 is 1.48 bits per heavy atom. The average Bonchev–Trinajstić information content (AvgIpc) is 2.46. The molecule has 21 heavy (non-hydrogen) atoms. The molecule has 7 heteroatoms. The molecule has 0 radical (unpaired) electrons. The molecular weight excluding hydrogens is 279 g/mol. The lowest BCUT2D eigenvalue weighted by atomic mass is 9.92. The molecule has 1 atom stereocenters. The summed E-state index contributed by atoms with van der Waals surface area (Å²) in [7, 11) is 1.30. The normalized spacial score (nSPS) is 22.0. The lowest BCUT2D eigenvalue weighted by Gasteiger charge is -2.37. The summed E-state index contributed by atoms with van der Waals surface area (Å²) in [5.74, 6) is -2.29. The highest BCUT2D eigenvalue weighted by atomic mass is 19.1. The first kappa shape index (κ1) is 15.2. The van der Waals surface area contributed by atoms with Gasteiger partial charge in [0.05, 0.1) is 19.2 Å². The van der Waals surface area contributed by atoms with Gasteiger partial charge in [0.1, 0.15) is 0 Å². The molecule has 6 nitrogen and oxygen atoms in total. The molecule has 0 spiro atoms. The standard InChI is InChI=1S/C14H17FN2O4/c1-21-10-5-2-4-9(11(10)15)12(18)17-7-3-6-14(20,8-17)13(16)19/h2,4-5,20H,3,6-8H2,1H3,(H2,16,19). The van der Waals surface area contributed by atoms with E-state index in [2.05, 4.69) is 0 Å². The summed E-state index contributed by atoms with van der Waals surface area (Å²) in [6, 6.07) is 4.24. The maximum absolute atomic E-state index is 14.1. The fourth-order valence-corrected chi connectivity index (χ4v) is 2.41.